The molecule has 84 valence electrons. The van der Waals surface area contributed by atoms with Gasteiger partial charge in [-0.2, -0.15) is 0 Å². The fourth-order valence-corrected chi connectivity index (χ4v) is 3.34. The molecule has 15 heavy (non-hydrogen) atoms. The summed E-state index contributed by atoms with van der Waals surface area (Å²) in [5.74, 6) is 0.411. The van der Waals surface area contributed by atoms with Crippen LogP contribution in [-0.4, -0.2) is 17.6 Å². The zero-order valence-corrected chi connectivity index (χ0v) is 9.20. The van der Waals surface area contributed by atoms with Gasteiger partial charge in [0, 0.05) is 0 Å². The van der Waals surface area contributed by atoms with Crippen LogP contribution in [0.1, 0.15) is 32.6 Å². The summed E-state index contributed by atoms with van der Waals surface area (Å²) in [7, 11) is 0. The third-order valence-corrected chi connectivity index (χ3v) is 4.19. The van der Waals surface area contributed by atoms with Crippen LogP contribution >= 0.6 is 0 Å². The molecule has 0 aromatic rings. The van der Waals surface area contributed by atoms with Crippen molar-refractivity contribution in [1.29, 1.82) is 0 Å². The predicted octanol–water partition coefficient (Wildman–Crippen LogP) is 1.78. The van der Waals surface area contributed by atoms with Crippen molar-refractivity contribution in [2.75, 3.05) is 6.54 Å². The van der Waals surface area contributed by atoms with Gasteiger partial charge in [-0.05, 0) is 43.1 Å². The van der Waals surface area contributed by atoms with Crippen molar-refractivity contribution in [3.8, 4) is 0 Å². The van der Waals surface area contributed by atoms with Gasteiger partial charge < -0.3 is 10.8 Å². The van der Waals surface area contributed by atoms with Gasteiger partial charge in [-0.25, -0.2) is 0 Å². The summed E-state index contributed by atoms with van der Waals surface area (Å²) < 4.78 is 0. The monoisotopic (exact) mass is 209 g/mol. The van der Waals surface area contributed by atoms with Crippen LogP contribution in [0.25, 0.3) is 0 Å². The van der Waals surface area contributed by atoms with Gasteiger partial charge in [0.1, 0.15) is 0 Å². The zero-order valence-electron chi connectivity index (χ0n) is 9.20. The molecule has 3 N–H and O–H groups in total. The molecule has 1 saturated carbocycles. The number of hydrogen-bond acceptors (Lipinski definition) is 2. The van der Waals surface area contributed by atoms with Gasteiger partial charge in [0.25, 0.3) is 0 Å². The number of carboxylic acid groups (broad SMARTS) is 1. The average molecular weight is 209 g/mol. The lowest BCUT2D eigenvalue weighted by molar-refractivity contribution is -0.144. The zero-order chi connectivity index (χ0) is 11.1. The van der Waals surface area contributed by atoms with Gasteiger partial charge >= 0.3 is 5.97 Å². The van der Waals surface area contributed by atoms with Crippen molar-refractivity contribution in [3.63, 3.8) is 0 Å². The van der Waals surface area contributed by atoms with Gasteiger partial charge in [0.2, 0.25) is 0 Å². The van der Waals surface area contributed by atoms with Crippen molar-refractivity contribution < 1.29 is 9.90 Å². The number of carbonyl (C=O) groups is 1. The van der Waals surface area contributed by atoms with E-state index in [9.17, 15) is 4.79 Å². The highest BCUT2D eigenvalue weighted by Crippen LogP contribution is 2.59. The van der Waals surface area contributed by atoms with Gasteiger partial charge in [0.05, 0.1) is 6.42 Å². The van der Waals surface area contributed by atoms with Crippen molar-refractivity contribution in [3.05, 3.63) is 11.6 Å². The van der Waals surface area contributed by atoms with Crippen molar-refractivity contribution >= 4 is 5.97 Å². The van der Waals surface area contributed by atoms with Crippen LogP contribution in [0.3, 0.4) is 0 Å². The number of carboxylic acids is 1. The summed E-state index contributed by atoms with van der Waals surface area (Å²) in [6.45, 7) is 2.67. The highest BCUT2D eigenvalue weighted by molar-refractivity contribution is 5.68. The number of allylic oxidation sites excluding steroid dienone is 2. The van der Waals surface area contributed by atoms with Crippen LogP contribution in [0.2, 0.25) is 0 Å². The van der Waals surface area contributed by atoms with E-state index in [1.165, 1.54) is 12.0 Å². The van der Waals surface area contributed by atoms with E-state index in [1.807, 2.05) is 0 Å². The highest BCUT2D eigenvalue weighted by atomic mass is 16.4. The van der Waals surface area contributed by atoms with E-state index in [0.717, 1.165) is 12.8 Å². The fourth-order valence-electron chi connectivity index (χ4n) is 3.34. The maximum absolute atomic E-state index is 10.8. The molecule has 0 spiro atoms. The van der Waals surface area contributed by atoms with E-state index in [1.54, 1.807) is 0 Å². The van der Waals surface area contributed by atoms with E-state index in [0.29, 0.717) is 18.4 Å². The summed E-state index contributed by atoms with van der Waals surface area (Å²) in [5, 5.41) is 8.91. The molecule has 0 bridgehead atoms. The predicted molar refractivity (Wildman–Crippen MR) is 58.3 cm³/mol. The van der Waals surface area contributed by atoms with Crippen LogP contribution in [0.5, 0.6) is 0 Å². The largest absolute Gasteiger partial charge is 0.481 e. The Morgan fingerprint density at radius 2 is 2.47 bits per heavy atom. The Morgan fingerprint density at radius 1 is 1.73 bits per heavy atom. The summed E-state index contributed by atoms with van der Waals surface area (Å²) in [6.07, 6.45) is 5.80. The highest BCUT2D eigenvalue weighted by Gasteiger charge is 2.54. The Morgan fingerprint density at radius 3 is 3.00 bits per heavy atom. The standard InChI is InChI=1S/C12H19NO2/c1-2-8-3-9-5-12(7-13,6-11(14)15)10(9)4-8/h4,9-10H,2-3,5-7,13H2,1H3,(H,14,15)/t9?,10-,12-/m1/s1. The lowest BCUT2D eigenvalue weighted by atomic mass is 9.53. The van der Waals surface area contributed by atoms with Crippen LogP contribution < -0.4 is 5.73 Å². The number of hydrogen-bond donors (Lipinski definition) is 2. The van der Waals surface area contributed by atoms with E-state index < -0.39 is 5.97 Å². The normalized spacial score (nSPS) is 38.1. The van der Waals surface area contributed by atoms with Crippen molar-refractivity contribution in [2.24, 2.45) is 23.0 Å². The third-order valence-electron chi connectivity index (χ3n) is 4.19. The lowest BCUT2D eigenvalue weighted by Crippen LogP contribution is -2.51. The summed E-state index contributed by atoms with van der Waals surface area (Å²) in [4.78, 5) is 10.8. The number of fused-ring (bicyclic) bond motifs is 1. The lowest BCUT2D eigenvalue weighted by Gasteiger charge is -2.51. The molecule has 3 heteroatoms. The van der Waals surface area contributed by atoms with E-state index >= 15 is 0 Å². The summed E-state index contributed by atoms with van der Waals surface area (Å²) in [6, 6.07) is 0. The topological polar surface area (TPSA) is 63.3 Å². The maximum Gasteiger partial charge on any atom is 0.303 e. The molecule has 0 aliphatic heterocycles. The van der Waals surface area contributed by atoms with Gasteiger partial charge in [0.15, 0.2) is 0 Å². The Balaban J connectivity index is 2.11. The minimum atomic E-state index is -0.711. The molecule has 3 nitrogen and oxygen atoms in total. The summed E-state index contributed by atoms with van der Waals surface area (Å²) >= 11 is 0. The third kappa shape index (κ3) is 1.59. The fraction of sp³-hybridized carbons (Fsp3) is 0.750. The van der Waals surface area contributed by atoms with Gasteiger partial charge in [-0.1, -0.05) is 18.6 Å². The van der Waals surface area contributed by atoms with E-state index in [-0.39, 0.29) is 11.8 Å². The molecule has 1 fully saturated rings. The second-order valence-electron chi connectivity index (χ2n) is 5.01. The first-order chi connectivity index (χ1) is 7.11. The molecule has 0 aromatic heterocycles. The first-order valence-electron chi connectivity index (χ1n) is 5.72. The molecule has 2 aliphatic carbocycles. The second kappa shape index (κ2) is 3.63. The molecule has 0 heterocycles. The molecule has 0 radical (unpaired) electrons. The van der Waals surface area contributed by atoms with Crippen molar-refractivity contribution in [1.82, 2.24) is 0 Å². The van der Waals surface area contributed by atoms with E-state index in [2.05, 4.69) is 13.0 Å². The minimum Gasteiger partial charge on any atom is -0.481 e. The quantitative estimate of drug-likeness (QED) is 0.694. The van der Waals surface area contributed by atoms with Crippen LogP contribution in [-0.2, 0) is 4.79 Å². The molecular weight excluding hydrogens is 190 g/mol. The Bertz CT molecular complexity index is 311. The van der Waals surface area contributed by atoms with Crippen LogP contribution in [0, 0.1) is 17.3 Å². The van der Waals surface area contributed by atoms with Crippen molar-refractivity contribution in [2.45, 2.75) is 32.6 Å². The average Bonchev–Trinajstić information content (AvgIpc) is 2.53. The molecule has 1 unspecified atom stereocenters. The van der Waals surface area contributed by atoms with Crippen LogP contribution in [0.15, 0.2) is 11.6 Å². The molecule has 0 amide bonds. The van der Waals surface area contributed by atoms with Crippen LogP contribution in [0.4, 0.5) is 0 Å². The molecule has 3 atom stereocenters. The SMILES string of the molecule is CCC1=C[C@@H]2C(C1)C[C@]2(CN)CC(=O)O. The second-order valence-corrected chi connectivity index (χ2v) is 5.01. The van der Waals surface area contributed by atoms with Gasteiger partial charge in [-0.3, -0.25) is 4.79 Å². The Kier molecular flexibility index (Phi) is 2.59. The number of aliphatic carboxylic acids is 1. The molecule has 0 aromatic carbocycles. The maximum atomic E-state index is 10.8. The molecule has 2 aliphatic rings. The van der Waals surface area contributed by atoms with E-state index in [4.69, 9.17) is 10.8 Å². The Hall–Kier alpha value is -0.830. The molecule has 2 rings (SSSR count). The first kappa shape index (κ1) is 10.7. The minimum absolute atomic E-state index is 0.132. The smallest absolute Gasteiger partial charge is 0.303 e. The van der Waals surface area contributed by atoms with Gasteiger partial charge in [-0.15, -0.1) is 0 Å². The Labute approximate surface area is 90.3 Å². The summed E-state index contributed by atoms with van der Waals surface area (Å²) in [5.41, 5.74) is 7.13. The number of nitrogens with two attached hydrogens (primary N) is 1. The molecule has 0 saturated heterocycles. The molecular formula is C12H19NO2. The number of rotatable bonds is 4. The first-order valence-corrected chi connectivity index (χ1v) is 5.72.